The van der Waals surface area contributed by atoms with Crippen molar-refractivity contribution in [2.45, 2.75) is 12.8 Å². The number of hydrogen-bond acceptors (Lipinski definition) is 0. The molecule has 100 valence electrons. The molecule has 2 rings (SSSR count). The molecule has 19 heavy (non-hydrogen) atoms. The molecule has 0 radical (unpaired) electrons. The number of hydrogen-bond donors (Lipinski definition) is 0. The smallest absolute Gasteiger partial charge is 0.0258 e. The van der Waals surface area contributed by atoms with Crippen LogP contribution in [0.3, 0.4) is 0 Å². The van der Waals surface area contributed by atoms with Crippen molar-refractivity contribution in [1.29, 1.82) is 0 Å². The molecular formula is C16H15BrClI. The lowest BCUT2D eigenvalue weighted by Gasteiger charge is -2.14. The molecule has 2 aromatic rings. The Kier molecular flexibility index (Phi) is 6.17. The molecular weight excluding hydrogens is 434 g/mol. The molecule has 0 fully saturated rings. The lowest BCUT2D eigenvalue weighted by molar-refractivity contribution is 0.584. The summed E-state index contributed by atoms with van der Waals surface area (Å²) in [5, 5.41) is 0. The molecule has 0 saturated heterocycles. The van der Waals surface area contributed by atoms with Crippen LogP contribution >= 0.6 is 50.1 Å². The van der Waals surface area contributed by atoms with Gasteiger partial charge in [-0.2, -0.15) is 0 Å². The Labute approximate surface area is 141 Å². The van der Waals surface area contributed by atoms with Crippen molar-refractivity contribution < 1.29 is 0 Å². The zero-order valence-corrected chi connectivity index (χ0v) is 15.0. The van der Waals surface area contributed by atoms with Crippen LogP contribution in [-0.2, 0) is 12.8 Å². The number of rotatable bonds is 5. The molecule has 0 nitrogen and oxygen atoms in total. The molecule has 0 spiro atoms. The number of alkyl halides is 1. The summed E-state index contributed by atoms with van der Waals surface area (Å²) in [7, 11) is 0. The maximum absolute atomic E-state index is 6.12. The third-order valence-corrected chi connectivity index (χ3v) is 4.78. The summed E-state index contributed by atoms with van der Waals surface area (Å²) in [6.07, 6.45) is 2.07. The lowest BCUT2D eigenvalue weighted by atomic mass is 9.94. The Balaban J connectivity index is 2.00. The molecule has 0 aliphatic carbocycles. The quantitative estimate of drug-likeness (QED) is 0.406. The van der Waals surface area contributed by atoms with Gasteiger partial charge in [-0.1, -0.05) is 40.2 Å². The number of halogens is 3. The Hall–Kier alpha value is -0.0600. The summed E-state index contributed by atoms with van der Waals surface area (Å²) in [6, 6.07) is 17.2. The second-order valence-corrected chi connectivity index (χ2v) is 7.15. The van der Waals surface area contributed by atoms with Gasteiger partial charge in [0.2, 0.25) is 0 Å². The van der Waals surface area contributed by atoms with E-state index in [-0.39, 0.29) is 0 Å². The molecule has 0 heterocycles. The zero-order valence-electron chi connectivity index (χ0n) is 10.5. The summed E-state index contributed by atoms with van der Waals surface area (Å²) in [5.74, 6) is 1.19. The highest BCUT2D eigenvalue weighted by molar-refractivity contribution is 14.1. The van der Waals surface area contributed by atoms with Gasteiger partial charge in [0.1, 0.15) is 0 Å². The Morgan fingerprint density at radius 3 is 1.84 bits per heavy atom. The average Bonchev–Trinajstić information content (AvgIpc) is 2.43. The minimum Gasteiger partial charge on any atom is -0.126 e. The highest BCUT2D eigenvalue weighted by Crippen LogP contribution is 2.19. The largest absolute Gasteiger partial charge is 0.126 e. The van der Waals surface area contributed by atoms with Gasteiger partial charge in [0.25, 0.3) is 0 Å². The second kappa shape index (κ2) is 7.65. The average molecular weight is 450 g/mol. The van der Waals surface area contributed by atoms with Gasteiger partial charge in [0.15, 0.2) is 0 Å². The Bertz CT molecular complexity index is 460. The van der Waals surface area contributed by atoms with Crippen LogP contribution in [0.1, 0.15) is 11.1 Å². The van der Waals surface area contributed by atoms with E-state index in [1.54, 1.807) is 0 Å². The molecule has 0 amide bonds. The van der Waals surface area contributed by atoms with Gasteiger partial charge >= 0.3 is 0 Å². The van der Waals surface area contributed by atoms with Crippen LogP contribution in [0.2, 0.25) is 0 Å². The van der Waals surface area contributed by atoms with E-state index >= 15 is 0 Å². The fourth-order valence-corrected chi connectivity index (χ4v) is 2.93. The van der Waals surface area contributed by atoms with Crippen LogP contribution in [0.5, 0.6) is 0 Å². The van der Waals surface area contributed by atoms with E-state index in [1.807, 2.05) is 0 Å². The summed E-state index contributed by atoms with van der Waals surface area (Å²) in [5.41, 5.74) is 2.71. The second-order valence-electron chi connectivity index (χ2n) is 4.68. The monoisotopic (exact) mass is 448 g/mol. The van der Waals surface area contributed by atoms with Gasteiger partial charge in [0.05, 0.1) is 0 Å². The van der Waals surface area contributed by atoms with Gasteiger partial charge in [-0.15, -0.1) is 11.6 Å². The molecule has 0 bridgehead atoms. The minimum absolute atomic E-state index is 0.489. The third kappa shape index (κ3) is 5.09. The third-order valence-electron chi connectivity index (χ3n) is 3.09. The van der Waals surface area contributed by atoms with Crippen molar-refractivity contribution in [3.63, 3.8) is 0 Å². The van der Waals surface area contributed by atoms with Crippen LogP contribution in [-0.4, -0.2) is 5.88 Å². The first-order valence-electron chi connectivity index (χ1n) is 6.22. The highest BCUT2D eigenvalue weighted by atomic mass is 127. The molecule has 0 aliphatic heterocycles. The van der Waals surface area contributed by atoms with Crippen molar-refractivity contribution in [2.75, 3.05) is 5.88 Å². The van der Waals surface area contributed by atoms with E-state index in [0.717, 1.165) is 17.3 Å². The first-order valence-corrected chi connectivity index (χ1v) is 8.63. The first-order chi connectivity index (χ1) is 9.17. The maximum atomic E-state index is 6.12. The number of benzene rings is 2. The van der Waals surface area contributed by atoms with E-state index in [0.29, 0.717) is 11.8 Å². The Morgan fingerprint density at radius 1 is 0.895 bits per heavy atom. The predicted molar refractivity (Wildman–Crippen MR) is 94.9 cm³/mol. The molecule has 3 heteroatoms. The van der Waals surface area contributed by atoms with Crippen LogP contribution in [0, 0.1) is 9.49 Å². The standard InChI is InChI=1S/C16H15BrClI/c17-15-5-1-12(2-6-15)9-14(11-18)10-13-3-7-16(19)8-4-13/h1-8,14H,9-11H2. The van der Waals surface area contributed by atoms with E-state index < -0.39 is 0 Å². The highest BCUT2D eigenvalue weighted by Gasteiger charge is 2.10. The lowest BCUT2D eigenvalue weighted by Crippen LogP contribution is -2.10. The van der Waals surface area contributed by atoms with Crippen molar-refractivity contribution >= 4 is 50.1 Å². The van der Waals surface area contributed by atoms with Gasteiger partial charge < -0.3 is 0 Å². The van der Waals surface area contributed by atoms with Crippen LogP contribution in [0.4, 0.5) is 0 Å². The van der Waals surface area contributed by atoms with Gasteiger partial charge in [-0.25, -0.2) is 0 Å². The van der Waals surface area contributed by atoms with E-state index in [4.69, 9.17) is 11.6 Å². The molecule has 1 atom stereocenters. The van der Waals surface area contributed by atoms with Crippen molar-refractivity contribution in [3.05, 3.63) is 67.7 Å². The van der Waals surface area contributed by atoms with Crippen molar-refractivity contribution in [3.8, 4) is 0 Å². The summed E-state index contributed by atoms with van der Waals surface area (Å²) < 4.78 is 2.40. The topological polar surface area (TPSA) is 0 Å². The van der Waals surface area contributed by atoms with Crippen molar-refractivity contribution in [2.24, 2.45) is 5.92 Å². The predicted octanol–water partition coefficient (Wildman–Crippen LogP) is 5.69. The first kappa shape index (κ1) is 15.3. The van der Waals surface area contributed by atoms with Gasteiger partial charge in [-0.3, -0.25) is 0 Å². The molecule has 1 unspecified atom stereocenters. The normalized spacial score (nSPS) is 12.4. The fourth-order valence-electron chi connectivity index (χ4n) is 2.09. The molecule has 0 aliphatic rings. The summed E-state index contributed by atoms with van der Waals surface area (Å²) in [6.45, 7) is 0. The van der Waals surface area contributed by atoms with Crippen molar-refractivity contribution in [1.82, 2.24) is 0 Å². The van der Waals surface area contributed by atoms with Gasteiger partial charge in [-0.05, 0) is 76.7 Å². The fraction of sp³-hybridized carbons (Fsp3) is 0.250. The minimum atomic E-state index is 0.489. The molecule has 0 N–H and O–H groups in total. The van der Waals surface area contributed by atoms with Crippen LogP contribution < -0.4 is 0 Å². The maximum Gasteiger partial charge on any atom is 0.0258 e. The Morgan fingerprint density at radius 2 is 1.37 bits per heavy atom. The van der Waals surface area contributed by atoms with Gasteiger partial charge in [0, 0.05) is 13.9 Å². The molecule has 2 aromatic carbocycles. The van der Waals surface area contributed by atoms with E-state index in [9.17, 15) is 0 Å². The van der Waals surface area contributed by atoms with E-state index in [1.165, 1.54) is 14.7 Å². The van der Waals surface area contributed by atoms with Crippen LogP contribution in [0.15, 0.2) is 53.0 Å². The zero-order chi connectivity index (χ0) is 13.7. The van der Waals surface area contributed by atoms with E-state index in [2.05, 4.69) is 87.1 Å². The summed E-state index contributed by atoms with van der Waals surface area (Å²) >= 11 is 11.9. The van der Waals surface area contributed by atoms with Crippen LogP contribution in [0.25, 0.3) is 0 Å². The SMILES string of the molecule is ClCC(Cc1ccc(Br)cc1)Cc1ccc(I)cc1. The summed E-state index contributed by atoms with van der Waals surface area (Å²) in [4.78, 5) is 0. The molecule has 0 aromatic heterocycles. The molecule has 0 saturated carbocycles.